The van der Waals surface area contributed by atoms with Gasteiger partial charge in [-0.05, 0) is 43.2 Å². The number of benzene rings is 2. The second-order valence-corrected chi connectivity index (χ2v) is 5.35. The molecule has 0 heterocycles. The average molecular weight is 343 g/mol. The summed E-state index contributed by atoms with van der Waals surface area (Å²) in [6.07, 6.45) is 0. The zero-order chi connectivity index (χ0) is 18.6. The van der Waals surface area contributed by atoms with E-state index >= 15 is 0 Å². The van der Waals surface area contributed by atoms with Crippen LogP contribution in [0.5, 0.6) is 5.75 Å². The summed E-state index contributed by atoms with van der Waals surface area (Å²) in [5.41, 5.74) is 2.32. The number of methoxy groups -OCH3 is 1. The molecule has 0 aliphatic carbocycles. The van der Waals surface area contributed by atoms with Crippen molar-refractivity contribution in [3.8, 4) is 5.75 Å². The van der Waals surface area contributed by atoms with Crippen LogP contribution in [0, 0.1) is 24.0 Å². The molecule has 0 atom stereocenters. The van der Waals surface area contributed by atoms with Gasteiger partial charge in [0, 0.05) is 17.8 Å². The molecule has 0 bridgehead atoms. The summed E-state index contributed by atoms with van der Waals surface area (Å²) in [5, 5.41) is 15.6. The Bertz CT molecular complexity index is 848. The number of rotatable bonds is 4. The first-order valence-electron chi connectivity index (χ1n) is 7.34. The lowest BCUT2D eigenvalue weighted by atomic mass is 10.1. The van der Waals surface area contributed by atoms with Crippen LogP contribution in [0.3, 0.4) is 0 Å². The molecule has 0 spiro atoms. The minimum absolute atomic E-state index is 0.0388. The van der Waals surface area contributed by atoms with Gasteiger partial charge in [0.15, 0.2) is 0 Å². The highest BCUT2D eigenvalue weighted by atomic mass is 16.6. The van der Waals surface area contributed by atoms with Gasteiger partial charge in [-0.15, -0.1) is 0 Å². The lowest BCUT2D eigenvalue weighted by Crippen LogP contribution is -2.29. The molecule has 25 heavy (non-hydrogen) atoms. The minimum atomic E-state index is -0.961. The van der Waals surface area contributed by atoms with E-state index in [1.54, 1.807) is 12.1 Å². The van der Waals surface area contributed by atoms with Gasteiger partial charge in [0.05, 0.1) is 17.7 Å². The predicted molar refractivity (Wildman–Crippen MR) is 92.8 cm³/mol. The first-order valence-corrected chi connectivity index (χ1v) is 7.34. The number of aryl methyl sites for hydroxylation is 2. The van der Waals surface area contributed by atoms with Crippen molar-refractivity contribution in [2.24, 2.45) is 0 Å². The van der Waals surface area contributed by atoms with Crippen molar-refractivity contribution in [3.05, 3.63) is 57.6 Å². The normalized spacial score (nSPS) is 10.0. The molecule has 2 aromatic rings. The topological polar surface area (TPSA) is 111 Å². The molecule has 0 radical (unpaired) electrons. The number of hydrogen-bond acceptors (Lipinski definition) is 5. The van der Waals surface area contributed by atoms with Gasteiger partial charge in [-0.1, -0.05) is 6.07 Å². The van der Waals surface area contributed by atoms with Gasteiger partial charge >= 0.3 is 11.8 Å². The molecule has 0 saturated carbocycles. The molecule has 8 heteroatoms. The number of amides is 2. The zero-order valence-electron chi connectivity index (χ0n) is 14.0. The smallest absolute Gasteiger partial charge is 0.314 e. The van der Waals surface area contributed by atoms with Crippen LogP contribution in [-0.4, -0.2) is 23.8 Å². The highest BCUT2D eigenvalue weighted by molar-refractivity contribution is 6.43. The van der Waals surface area contributed by atoms with Crippen LogP contribution >= 0.6 is 0 Å². The van der Waals surface area contributed by atoms with Crippen molar-refractivity contribution in [1.29, 1.82) is 0 Å². The van der Waals surface area contributed by atoms with Gasteiger partial charge in [0.25, 0.3) is 5.69 Å². The van der Waals surface area contributed by atoms with Crippen LogP contribution in [0.2, 0.25) is 0 Å². The Morgan fingerprint density at radius 2 is 1.68 bits per heavy atom. The fraction of sp³-hybridized carbons (Fsp3) is 0.176. The van der Waals surface area contributed by atoms with E-state index in [0.29, 0.717) is 5.69 Å². The highest BCUT2D eigenvalue weighted by Gasteiger charge is 2.18. The van der Waals surface area contributed by atoms with Crippen LogP contribution in [0.4, 0.5) is 17.1 Å². The van der Waals surface area contributed by atoms with Crippen LogP contribution in [-0.2, 0) is 9.59 Å². The van der Waals surface area contributed by atoms with Gasteiger partial charge in [-0.25, -0.2) is 0 Å². The summed E-state index contributed by atoms with van der Waals surface area (Å²) in [6.45, 7) is 3.82. The second-order valence-electron chi connectivity index (χ2n) is 5.35. The first kappa shape index (κ1) is 17.9. The molecule has 2 rings (SSSR count). The Balaban J connectivity index is 2.15. The van der Waals surface area contributed by atoms with E-state index in [0.717, 1.165) is 17.2 Å². The maximum Gasteiger partial charge on any atom is 0.314 e. The summed E-state index contributed by atoms with van der Waals surface area (Å²) in [7, 11) is 1.35. The number of nitrogens with zero attached hydrogens (tertiary/aromatic N) is 1. The van der Waals surface area contributed by atoms with Crippen LogP contribution in [0.1, 0.15) is 11.1 Å². The van der Waals surface area contributed by atoms with E-state index in [-0.39, 0.29) is 17.1 Å². The van der Waals surface area contributed by atoms with Gasteiger partial charge < -0.3 is 15.4 Å². The summed E-state index contributed by atoms with van der Waals surface area (Å²) < 4.78 is 5.04. The molecule has 0 fully saturated rings. The van der Waals surface area contributed by atoms with Gasteiger partial charge in [-0.2, -0.15) is 0 Å². The highest BCUT2D eigenvalue weighted by Crippen LogP contribution is 2.28. The number of nitro groups is 1. The Labute approximate surface area is 144 Å². The van der Waals surface area contributed by atoms with E-state index in [4.69, 9.17) is 4.74 Å². The molecule has 8 nitrogen and oxygen atoms in total. The van der Waals surface area contributed by atoms with Crippen LogP contribution in [0.15, 0.2) is 36.4 Å². The van der Waals surface area contributed by atoms with E-state index in [9.17, 15) is 19.7 Å². The minimum Gasteiger partial charge on any atom is -0.495 e. The van der Waals surface area contributed by atoms with E-state index < -0.39 is 16.7 Å². The van der Waals surface area contributed by atoms with Gasteiger partial charge in [-0.3, -0.25) is 19.7 Å². The molecule has 0 unspecified atom stereocenters. The molecule has 130 valence electrons. The number of carbonyl (C=O) groups is 2. The maximum absolute atomic E-state index is 12.1. The monoisotopic (exact) mass is 343 g/mol. The fourth-order valence-electron chi connectivity index (χ4n) is 2.09. The van der Waals surface area contributed by atoms with Crippen molar-refractivity contribution < 1.29 is 19.2 Å². The van der Waals surface area contributed by atoms with Crippen molar-refractivity contribution in [2.45, 2.75) is 13.8 Å². The van der Waals surface area contributed by atoms with Crippen LogP contribution in [0.25, 0.3) is 0 Å². The summed E-state index contributed by atoms with van der Waals surface area (Å²) >= 11 is 0. The Kier molecular flexibility index (Phi) is 5.33. The Hall–Kier alpha value is -3.42. The third kappa shape index (κ3) is 4.31. The molecule has 2 N–H and O–H groups in total. The largest absolute Gasteiger partial charge is 0.495 e. The number of nitro benzene ring substituents is 1. The number of non-ortho nitro benzene ring substituents is 1. The Morgan fingerprint density at radius 1 is 1.00 bits per heavy atom. The molecular formula is C17H17N3O5. The number of carbonyl (C=O) groups excluding carboxylic acids is 2. The summed E-state index contributed by atoms with van der Waals surface area (Å²) in [4.78, 5) is 34.3. The molecule has 0 saturated heterocycles. The Morgan fingerprint density at radius 3 is 2.28 bits per heavy atom. The zero-order valence-corrected chi connectivity index (χ0v) is 14.0. The van der Waals surface area contributed by atoms with E-state index in [2.05, 4.69) is 10.6 Å². The maximum atomic E-state index is 12.1. The van der Waals surface area contributed by atoms with Crippen molar-refractivity contribution in [2.75, 3.05) is 17.7 Å². The number of ether oxygens (including phenoxy) is 1. The van der Waals surface area contributed by atoms with E-state index in [1.807, 2.05) is 19.9 Å². The van der Waals surface area contributed by atoms with E-state index in [1.165, 1.54) is 19.2 Å². The van der Waals surface area contributed by atoms with Gasteiger partial charge in [0.2, 0.25) is 0 Å². The summed E-state index contributed by atoms with van der Waals surface area (Å²) in [5.74, 6) is -1.65. The van der Waals surface area contributed by atoms with Crippen LogP contribution < -0.4 is 15.4 Å². The third-order valence-corrected chi connectivity index (χ3v) is 3.61. The summed E-state index contributed by atoms with van der Waals surface area (Å²) in [6, 6.07) is 8.96. The quantitative estimate of drug-likeness (QED) is 0.504. The van der Waals surface area contributed by atoms with Crippen molar-refractivity contribution in [3.63, 3.8) is 0 Å². The molecule has 0 aliphatic rings. The van der Waals surface area contributed by atoms with Gasteiger partial charge in [0.1, 0.15) is 5.75 Å². The number of anilines is 2. The molecule has 0 aliphatic heterocycles. The lowest BCUT2D eigenvalue weighted by molar-refractivity contribution is -0.384. The molecule has 2 aromatic carbocycles. The molecule has 2 amide bonds. The number of hydrogen-bond donors (Lipinski definition) is 2. The standard InChI is InChI=1S/C17H17N3O5/c1-10-4-5-12(8-11(10)2)18-16(21)17(22)19-14-9-13(20(23)24)6-7-15(14)25-3/h4-9H,1-3H3,(H,18,21)(H,19,22). The lowest BCUT2D eigenvalue weighted by Gasteiger charge is -2.11. The third-order valence-electron chi connectivity index (χ3n) is 3.61. The number of nitrogens with one attached hydrogen (secondary N) is 2. The predicted octanol–water partition coefficient (Wildman–Crippen LogP) is 2.80. The second kappa shape index (κ2) is 7.43. The SMILES string of the molecule is COc1ccc([N+](=O)[O-])cc1NC(=O)C(=O)Nc1ccc(C)c(C)c1. The average Bonchev–Trinajstić information content (AvgIpc) is 2.57. The first-order chi connectivity index (χ1) is 11.8. The molecular weight excluding hydrogens is 326 g/mol. The molecule has 0 aromatic heterocycles. The van der Waals surface area contributed by atoms with Crippen molar-refractivity contribution in [1.82, 2.24) is 0 Å². The van der Waals surface area contributed by atoms with Crippen molar-refractivity contribution >= 4 is 28.9 Å². The fourth-order valence-corrected chi connectivity index (χ4v) is 2.09.